The van der Waals surface area contributed by atoms with Gasteiger partial charge in [0.05, 0.1) is 30.6 Å². The number of rotatable bonds is 12. The number of hydrogen-bond donors (Lipinski definition) is 1. The van der Waals surface area contributed by atoms with Crippen molar-refractivity contribution in [1.82, 2.24) is 14.7 Å². The van der Waals surface area contributed by atoms with E-state index in [4.69, 9.17) is 4.74 Å². The second-order valence-corrected chi connectivity index (χ2v) is 13.2. The third kappa shape index (κ3) is 5.61. The van der Waals surface area contributed by atoms with Crippen molar-refractivity contribution in [2.45, 2.75) is 75.9 Å². The van der Waals surface area contributed by atoms with Crippen LogP contribution in [0.4, 0.5) is 0 Å². The summed E-state index contributed by atoms with van der Waals surface area (Å²) >= 11 is 0. The molecule has 3 saturated heterocycles. The number of aliphatic hydroxyl groups excluding tert-OH is 1. The number of benzene rings is 2. The van der Waals surface area contributed by atoms with Gasteiger partial charge in [-0.25, -0.2) is 0 Å². The molecule has 2 bridgehead atoms. The summed E-state index contributed by atoms with van der Waals surface area (Å²) in [7, 11) is 0. The molecular formula is C36H45N3O5. The van der Waals surface area contributed by atoms with Crippen LogP contribution >= 0.6 is 0 Å². The van der Waals surface area contributed by atoms with Gasteiger partial charge < -0.3 is 24.5 Å². The van der Waals surface area contributed by atoms with Gasteiger partial charge in [0.25, 0.3) is 0 Å². The Bertz CT molecular complexity index is 1370. The van der Waals surface area contributed by atoms with Crippen LogP contribution in [-0.2, 0) is 32.1 Å². The molecule has 5 rings (SSSR count). The molecule has 3 heterocycles. The SMILES string of the molecule is C=CCN(Cc1ccccc1)C(=O)[C@@H]1[C@@H]2CCC3(O2)C(C(=O)N(CC=C)C(C)(C)C)N([C@@H](CO)Cc2ccccc2)C(=O)[C@H]13. The molecule has 3 aliphatic rings. The normalized spacial score (nSPS) is 26.3. The van der Waals surface area contributed by atoms with E-state index in [9.17, 15) is 19.5 Å². The van der Waals surface area contributed by atoms with E-state index in [1.54, 1.807) is 26.9 Å². The van der Waals surface area contributed by atoms with Crippen molar-refractivity contribution in [3.63, 3.8) is 0 Å². The van der Waals surface area contributed by atoms with Gasteiger partial charge in [-0.2, -0.15) is 0 Å². The van der Waals surface area contributed by atoms with E-state index in [0.717, 1.165) is 11.1 Å². The van der Waals surface area contributed by atoms with Gasteiger partial charge in [0.1, 0.15) is 11.6 Å². The first-order chi connectivity index (χ1) is 21.1. The molecule has 44 heavy (non-hydrogen) atoms. The van der Waals surface area contributed by atoms with Gasteiger partial charge in [-0.1, -0.05) is 72.8 Å². The number of ether oxygens (including phenoxy) is 1. The molecule has 0 aliphatic carbocycles. The van der Waals surface area contributed by atoms with Crippen LogP contribution in [0.5, 0.6) is 0 Å². The lowest BCUT2D eigenvalue weighted by Gasteiger charge is -2.43. The first-order valence-corrected chi connectivity index (χ1v) is 15.6. The topological polar surface area (TPSA) is 90.4 Å². The van der Waals surface area contributed by atoms with Crippen LogP contribution in [0, 0.1) is 11.8 Å². The summed E-state index contributed by atoms with van der Waals surface area (Å²) in [6.07, 6.45) is 4.33. The van der Waals surface area contributed by atoms with Crippen LogP contribution in [0.25, 0.3) is 0 Å². The average Bonchev–Trinajstić information content (AvgIpc) is 3.65. The highest BCUT2D eigenvalue weighted by Crippen LogP contribution is 2.59. The monoisotopic (exact) mass is 599 g/mol. The molecule has 3 amide bonds. The van der Waals surface area contributed by atoms with Gasteiger partial charge in [0.15, 0.2) is 0 Å². The molecule has 234 valence electrons. The molecule has 1 N–H and O–H groups in total. The Morgan fingerprint density at radius 2 is 1.64 bits per heavy atom. The standard InChI is InChI=1S/C36H45N3O5/c1-6-20-37(23-26-16-12-9-13-17-26)32(41)29-28-18-19-36(44-28)30(29)33(42)39(27(24-40)22-25-14-10-8-11-15-25)31(36)34(43)38(21-7-2)35(3,4)5/h6-17,27-31,40H,1-2,18-24H2,3-5H3/t27-,28+,29-,30+,31?,36?/m1/s1. The van der Waals surface area contributed by atoms with Gasteiger partial charge >= 0.3 is 0 Å². The predicted octanol–water partition coefficient (Wildman–Crippen LogP) is 3.99. The molecule has 2 aromatic rings. The minimum Gasteiger partial charge on any atom is -0.394 e. The molecule has 3 fully saturated rings. The maximum absolute atomic E-state index is 14.7. The molecule has 0 saturated carbocycles. The van der Waals surface area contributed by atoms with E-state index in [2.05, 4.69) is 13.2 Å². The number of carbonyl (C=O) groups is 3. The minimum atomic E-state index is -1.17. The number of hydrogen-bond acceptors (Lipinski definition) is 5. The Morgan fingerprint density at radius 3 is 2.20 bits per heavy atom. The number of aliphatic hydroxyl groups is 1. The van der Waals surface area contributed by atoms with Crippen molar-refractivity contribution in [2.75, 3.05) is 19.7 Å². The third-order valence-corrected chi connectivity index (χ3v) is 9.44. The van der Waals surface area contributed by atoms with Gasteiger partial charge in [-0.05, 0) is 51.2 Å². The Morgan fingerprint density at radius 1 is 1.02 bits per heavy atom. The molecule has 8 nitrogen and oxygen atoms in total. The van der Waals surface area contributed by atoms with Crippen LogP contribution in [0.15, 0.2) is 86.0 Å². The lowest BCUT2D eigenvalue weighted by Crippen LogP contribution is -2.62. The summed E-state index contributed by atoms with van der Waals surface area (Å²) in [5.41, 5.74) is 0.185. The van der Waals surface area contributed by atoms with Crippen molar-refractivity contribution in [1.29, 1.82) is 0 Å². The fourth-order valence-corrected chi connectivity index (χ4v) is 7.56. The molecule has 2 aromatic carbocycles. The maximum atomic E-state index is 14.7. The second kappa shape index (κ2) is 12.7. The number of likely N-dealkylation sites (tertiary alicyclic amines) is 1. The lowest BCUT2D eigenvalue weighted by atomic mass is 9.70. The van der Waals surface area contributed by atoms with Crippen LogP contribution in [-0.4, -0.2) is 86.6 Å². The number of amides is 3. The van der Waals surface area contributed by atoms with Gasteiger partial charge in [0.2, 0.25) is 17.7 Å². The third-order valence-electron chi connectivity index (χ3n) is 9.44. The molecule has 8 heteroatoms. The molecule has 1 spiro atoms. The van der Waals surface area contributed by atoms with E-state index < -0.39 is 41.2 Å². The number of nitrogens with zero attached hydrogens (tertiary/aromatic N) is 3. The van der Waals surface area contributed by atoms with E-state index in [1.807, 2.05) is 81.4 Å². The second-order valence-electron chi connectivity index (χ2n) is 13.2. The molecule has 0 aromatic heterocycles. The quantitative estimate of drug-likeness (QED) is 0.373. The van der Waals surface area contributed by atoms with E-state index in [1.165, 1.54) is 0 Å². The smallest absolute Gasteiger partial charge is 0.249 e. The van der Waals surface area contributed by atoms with Crippen LogP contribution in [0.1, 0.15) is 44.7 Å². The summed E-state index contributed by atoms with van der Waals surface area (Å²) in [6, 6.07) is 17.7. The Labute approximate surface area is 261 Å². The van der Waals surface area contributed by atoms with E-state index in [0.29, 0.717) is 38.9 Å². The summed E-state index contributed by atoms with van der Waals surface area (Å²) in [5, 5.41) is 10.7. The Kier molecular flexibility index (Phi) is 9.14. The summed E-state index contributed by atoms with van der Waals surface area (Å²) in [5.74, 6) is -2.29. The fourth-order valence-electron chi connectivity index (χ4n) is 7.56. The van der Waals surface area contributed by atoms with Crippen molar-refractivity contribution >= 4 is 17.7 Å². The highest BCUT2D eigenvalue weighted by Gasteiger charge is 2.75. The zero-order chi connectivity index (χ0) is 31.6. The van der Waals surface area contributed by atoms with Crippen molar-refractivity contribution < 1.29 is 24.2 Å². The highest BCUT2D eigenvalue weighted by atomic mass is 16.5. The van der Waals surface area contributed by atoms with Gasteiger partial charge in [-0.15, -0.1) is 13.2 Å². The number of fused-ring (bicyclic) bond motifs is 1. The minimum absolute atomic E-state index is 0.172. The zero-order valence-corrected chi connectivity index (χ0v) is 26.1. The van der Waals surface area contributed by atoms with Gasteiger partial charge in [-0.3, -0.25) is 14.4 Å². The van der Waals surface area contributed by atoms with Crippen molar-refractivity contribution in [2.24, 2.45) is 11.8 Å². The molecule has 2 unspecified atom stereocenters. The predicted molar refractivity (Wildman–Crippen MR) is 169 cm³/mol. The molecule has 6 atom stereocenters. The van der Waals surface area contributed by atoms with Crippen LogP contribution in [0.2, 0.25) is 0 Å². The largest absolute Gasteiger partial charge is 0.394 e. The molecule has 3 aliphatic heterocycles. The van der Waals surface area contributed by atoms with E-state index >= 15 is 0 Å². The zero-order valence-electron chi connectivity index (χ0n) is 26.1. The van der Waals surface area contributed by atoms with Crippen molar-refractivity contribution in [3.05, 3.63) is 97.1 Å². The highest BCUT2D eigenvalue weighted by molar-refractivity contribution is 5.99. The van der Waals surface area contributed by atoms with Crippen LogP contribution in [0.3, 0.4) is 0 Å². The average molecular weight is 600 g/mol. The maximum Gasteiger partial charge on any atom is 0.249 e. The summed E-state index contributed by atoms with van der Waals surface area (Å²) < 4.78 is 6.73. The Hall–Kier alpha value is -3.75. The summed E-state index contributed by atoms with van der Waals surface area (Å²) in [6.45, 7) is 14.3. The summed E-state index contributed by atoms with van der Waals surface area (Å²) in [4.78, 5) is 48.8. The number of carbonyl (C=O) groups excluding carboxylic acids is 3. The van der Waals surface area contributed by atoms with Crippen LogP contribution < -0.4 is 0 Å². The Balaban J connectivity index is 1.57. The van der Waals surface area contributed by atoms with Crippen molar-refractivity contribution in [3.8, 4) is 0 Å². The molecular weight excluding hydrogens is 554 g/mol. The first-order valence-electron chi connectivity index (χ1n) is 15.6. The first kappa shape index (κ1) is 31.7. The molecule has 0 radical (unpaired) electrons. The van der Waals surface area contributed by atoms with E-state index in [-0.39, 0.29) is 24.3 Å². The lowest BCUT2D eigenvalue weighted by molar-refractivity contribution is -0.154. The fraction of sp³-hybridized carbons (Fsp3) is 0.472. The van der Waals surface area contributed by atoms with Gasteiger partial charge in [0, 0.05) is 25.2 Å².